The van der Waals surface area contributed by atoms with Crippen LogP contribution in [0.5, 0.6) is 11.5 Å². The lowest BCUT2D eigenvalue weighted by Crippen LogP contribution is -2.03. The van der Waals surface area contributed by atoms with Crippen LogP contribution in [-0.2, 0) is 6.42 Å². The largest absolute Gasteiger partial charge is 0.456 e. The van der Waals surface area contributed by atoms with Gasteiger partial charge in [0.15, 0.2) is 0 Å². The lowest BCUT2D eigenvalue weighted by molar-refractivity contribution is 0.478. The molecule has 3 nitrogen and oxygen atoms in total. The number of halogens is 1. The molecule has 0 saturated heterocycles. The van der Waals surface area contributed by atoms with E-state index in [0.29, 0.717) is 6.54 Å². The summed E-state index contributed by atoms with van der Waals surface area (Å²) < 4.78 is 6.98. The van der Waals surface area contributed by atoms with Gasteiger partial charge in [0.05, 0.1) is 6.20 Å². The molecule has 1 aromatic heterocycles. The molecule has 0 saturated carbocycles. The minimum atomic E-state index is 0.613. The third-order valence-electron chi connectivity index (χ3n) is 2.85. The Morgan fingerprint density at radius 2 is 1.79 bits per heavy atom. The molecule has 100 valence electrons. The highest BCUT2D eigenvalue weighted by molar-refractivity contribution is 9.10. The van der Waals surface area contributed by atoms with E-state index in [2.05, 4.69) is 20.9 Å². The van der Waals surface area contributed by atoms with Gasteiger partial charge in [0.25, 0.3) is 0 Å². The zero-order valence-corrected chi connectivity index (χ0v) is 12.7. The predicted octanol–water partition coefficient (Wildman–Crippen LogP) is 3.75. The van der Waals surface area contributed by atoms with Crippen molar-refractivity contribution in [1.82, 2.24) is 4.98 Å². The molecule has 0 atom stereocenters. The number of nitrogens with zero attached hydrogens (tertiary/aromatic N) is 1. The number of benzene rings is 1. The van der Waals surface area contributed by atoms with Crippen LogP contribution in [0.4, 0.5) is 0 Å². The van der Waals surface area contributed by atoms with Crippen LogP contribution in [0.15, 0.2) is 35.1 Å². The van der Waals surface area contributed by atoms with Gasteiger partial charge in [-0.3, -0.25) is 4.98 Å². The van der Waals surface area contributed by atoms with Crippen LogP contribution in [-0.4, -0.2) is 11.5 Å². The molecule has 2 aromatic rings. The molecular weight excluding hydrogens is 304 g/mol. The van der Waals surface area contributed by atoms with Gasteiger partial charge >= 0.3 is 0 Å². The Hall–Kier alpha value is -1.39. The third-order valence-corrected chi connectivity index (χ3v) is 4.10. The molecule has 2 rings (SSSR count). The third kappa shape index (κ3) is 3.55. The van der Waals surface area contributed by atoms with E-state index in [-0.39, 0.29) is 0 Å². The summed E-state index contributed by atoms with van der Waals surface area (Å²) in [6.07, 6.45) is 4.34. The van der Waals surface area contributed by atoms with Gasteiger partial charge in [-0.2, -0.15) is 0 Å². The van der Waals surface area contributed by atoms with Gasteiger partial charge < -0.3 is 10.5 Å². The van der Waals surface area contributed by atoms with Crippen LogP contribution in [0.3, 0.4) is 0 Å². The maximum Gasteiger partial charge on any atom is 0.145 e. The molecule has 19 heavy (non-hydrogen) atoms. The zero-order chi connectivity index (χ0) is 13.8. The lowest BCUT2D eigenvalue weighted by atomic mass is 10.1. The number of hydrogen-bond donors (Lipinski definition) is 1. The molecule has 0 fully saturated rings. The summed E-state index contributed by atoms with van der Waals surface area (Å²) in [6.45, 7) is 4.71. The second-order valence-electron chi connectivity index (χ2n) is 4.54. The minimum absolute atomic E-state index is 0.613. The quantitative estimate of drug-likeness (QED) is 0.933. The predicted molar refractivity (Wildman–Crippen MR) is 80.7 cm³/mol. The minimum Gasteiger partial charge on any atom is -0.456 e. The number of ether oxygens (including phenoxy) is 1. The van der Waals surface area contributed by atoms with E-state index in [9.17, 15) is 0 Å². The van der Waals surface area contributed by atoms with Gasteiger partial charge in [-0.25, -0.2) is 0 Å². The maximum atomic E-state index is 5.86. The van der Waals surface area contributed by atoms with E-state index >= 15 is 0 Å². The Bertz CT molecular complexity index is 561. The van der Waals surface area contributed by atoms with Gasteiger partial charge in [0.2, 0.25) is 0 Å². The smallest absolute Gasteiger partial charge is 0.145 e. The van der Waals surface area contributed by atoms with Crippen molar-refractivity contribution in [2.45, 2.75) is 20.3 Å². The second-order valence-corrected chi connectivity index (χ2v) is 5.33. The molecule has 0 unspecified atom stereocenters. The van der Waals surface area contributed by atoms with E-state index in [1.54, 1.807) is 6.20 Å². The Balaban J connectivity index is 2.23. The Morgan fingerprint density at radius 3 is 2.42 bits per heavy atom. The maximum absolute atomic E-state index is 5.86. The van der Waals surface area contributed by atoms with Crippen molar-refractivity contribution in [2.75, 3.05) is 6.54 Å². The van der Waals surface area contributed by atoms with E-state index < -0.39 is 0 Å². The van der Waals surface area contributed by atoms with Crippen molar-refractivity contribution >= 4 is 15.9 Å². The molecule has 1 aromatic carbocycles. The van der Waals surface area contributed by atoms with Crippen molar-refractivity contribution in [3.8, 4) is 11.5 Å². The van der Waals surface area contributed by atoms with Crippen LogP contribution >= 0.6 is 15.9 Å². The highest BCUT2D eigenvalue weighted by atomic mass is 79.9. The molecule has 0 aliphatic rings. The van der Waals surface area contributed by atoms with Gasteiger partial charge in [0, 0.05) is 10.7 Å². The molecule has 0 aliphatic heterocycles. The van der Waals surface area contributed by atoms with Crippen molar-refractivity contribution in [3.05, 3.63) is 51.8 Å². The van der Waals surface area contributed by atoms with Gasteiger partial charge in [-0.15, -0.1) is 0 Å². The lowest BCUT2D eigenvalue weighted by Gasteiger charge is -2.10. The van der Waals surface area contributed by atoms with Crippen LogP contribution in [0.2, 0.25) is 0 Å². The molecule has 0 amide bonds. The first-order valence-corrected chi connectivity index (χ1v) is 6.98. The van der Waals surface area contributed by atoms with Crippen molar-refractivity contribution in [1.29, 1.82) is 0 Å². The van der Waals surface area contributed by atoms with Crippen LogP contribution in [0.25, 0.3) is 0 Å². The van der Waals surface area contributed by atoms with Gasteiger partial charge in [-0.05, 0) is 61.7 Å². The monoisotopic (exact) mass is 320 g/mol. The molecule has 1 heterocycles. The molecule has 0 spiro atoms. The summed E-state index contributed by atoms with van der Waals surface area (Å²) in [5.74, 6) is 1.57. The van der Waals surface area contributed by atoms with Crippen molar-refractivity contribution in [3.63, 3.8) is 0 Å². The number of rotatable bonds is 4. The van der Waals surface area contributed by atoms with Crippen molar-refractivity contribution < 1.29 is 4.74 Å². The number of aromatic nitrogens is 1. The van der Waals surface area contributed by atoms with Crippen LogP contribution in [0.1, 0.15) is 16.7 Å². The van der Waals surface area contributed by atoms with E-state index in [1.165, 1.54) is 0 Å². The van der Waals surface area contributed by atoms with Crippen molar-refractivity contribution in [2.24, 2.45) is 5.73 Å². The first kappa shape index (κ1) is 14.0. The first-order valence-electron chi connectivity index (χ1n) is 6.18. The normalized spacial score (nSPS) is 10.5. The SMILES string of the molecule is Cc1cc(Oc2cncc(CCN)c2)cc(C)c1Br. The topological polar surface area (TPSA) is 48.1 Å². The summed E-state index contributed by atoms with van der Waals surface area (Å²) in [5, 5.41) is 0. The van der Waals surface area contributed by atoms with E-state index in [0.717, 1.165) is 39.1 Å². The van der Waals surface area contributed by atoms with Gasteiger partial charge in [0.1, 0.15) is 11.5 Å². The number of aryl methyl sites for hydroxylation is 2. The molecule has 0 bridgehead atoms. The molecule has 2 N–H and O–H groups in total. The summed E-state index contributed by atoms with van der Waals surface area (Å²) >= 11 is 3.55. The second kappa shape index (κ2) is 6.17. The standard InChI is InChI=1S/C15H17BrN2O/c1-10-5-13(6-11(2)15(10)16)19-14-7-12(3-4-17)8-18-9-14/h5-9H,3-4,17H2,1-2H3. The molecular formula is C15H17BrN2O. The fourth-order valence-electron chi connectivity index (χ4n) is 1.92. The summed E-state index contributed by atoms with van der Waals surface area (Å²) in [6, 6.07) is 5.99. The Kier molecular flexibility index (Phi) is 4.56. The average Bonchev–Trinajstić information content (AvgIpc) is 2.37. The number of pyridine rings is 1. The molecule has 0 aliphatic carbocycles. The average molecular weight is 321 g/mol. The fourth-order valence-corrected chi connectivity index (χ4v) is 2.15. The molecule has 0 radical (unpaired) electrons. The number of hydrogen-bond acceptors (Lipinski definition) is 3. The number of nitrogens with two attached hydrogens (primary N) is 1. The van der Waals surface area contributed by atoms with Gasteiger partial charge in [-0.1, -0.05) is 15.9 Å². The Morgan fingerprint density at radius 1 is 1.11 bits per heavy atom. The molecule has 4 heteroatoms. The van der Waals surface area contributed by atoms with Crippen LogP contribution < -0.4 is 10.5 Å². The Labute approximate surface area is 121 Å². The highest BCUT2D eigenvalue weighted by Crippen LogP contribution is 2.29. The summed E-state index contributed by atoms with van der Waals surface area (Å²) in [5.41, 5.74) is 8.94. The summed E-state index contributed by atoms with van der Waals surface area (Å²) in [7, 11) is 0. The van der Waals surface area contributed by atoms with E-state index in [1.807, 2.05) is 38.2 Å². The van der Waals surface area contributed by atoms with E-state index in [4.69, 9.17) is 10.5 Å². The summed E-state index contributed by atoms with van der Waals surface area (Å²) in [4.78, 5) is 4.17. The fraction of sp³-hybridized carbons (Fsp3) is 0.267. The highest BCUT2D eigenvalue weighted by Gasteiger charge is 2.05. The first-order chi connectivity index (χ1) is 9.10. The zero-order valence-electron chi connectivity index (χ0n) is 11.1. The van der Waals surface area contributed by atoms with Crippen LogP contribution in [0, 0.1) is 13.8 Å².